The Morgan fingerprint density at radius 1 is 1.21 bits per heavy atom. The Labute approximate surface area is 200 Å². The van der Waals surface area contributed by atoms with Gasteiger partial charge in [0.15, 0.2) is 5.78 Å². The number of guanidine groups is 1. The van der Waals surface area contributed by atoms with Gasteiger partial charge in [0.2, 0.25) is 5.96 Å². The van der Waals surface area contributed by atoms with Crippen LogP contribution >= 0.6 is 0 Å². The Kier molecular flexibility index (Phi) is 10.3. The molecular weight excluding hydrogens is 467 g/mol. The largest absolute Gasteiger partial charge is 0.496 e. The smallest absolute Gasteiger partial charge is 0.408 e. The minimum Gasteiger partial charge on any atom is -0.496 e. The number of ketones is 1. The van der Waals surface area contributed by atoms with E-state index in [0.717, 1.165) is 0 Å². The molecule has 1 rings (SSSR count). The molecule has 0 spiro atoms. The molecule has 0 aliphatic rings. The van der Waals surface area contributed by atoms with Crippen molar-refractivity contribution < 1.29 is 31.9 Å². The van der Waals surface area contributed by atoms with E-state index in [0.29, 0.717) is 22.4 Å². The number of sulfonamides is 1. The van der Waals surface area contributed by atoms with Crippen molar-refractivity contribution in [3.63, 3.8) is 0 Å². The molecule has 1 unspecified atom stereocenters. The number of rotatable bonds is 10. The molecule has 12 heteroatoms. The molecule has 0 aliphatic carbocycles. The molecule has 0 heterocycles. The highest BCUT2D eigenvalue weighted by Crippen LogP contribution is 2.31. The number of carbonyl (C=O) groups excluding carboxylic acids is 2. The van der Waals surface area contributed by atoms with E-state index in [9.17, 15) is 22.4 Å². The van der Waals surface area contributed by atoms with Gasteiger partial charge in [-0.1, -0.05) is 0 Å². The van der Waals surface area contributed by atoms with Crippen LogP contribution in [0.2, 0.25) is 0 Å². The summed E-state index contributed by atoms with van der Waals surface area (Å²) in [5.41, 5.74) is 6.64. The molecule has 34 heavy (non-hydrogen) atoms. The third-order valence-electron chi connectivity index (χ3n) is 4.86. The van der Waals surface area contributed by atoms with E-state index in [4.69, 9.17) is 15.2 Å². The summed E-state index contributed by atoms with van der Waals surface area (Å²) < 4.78 is 52.6. The van der Waals surface area contributed by atoms with Crippen molar-refractivity contribution >= 4 is 27.9 Å². The molecule has 0 fully saturated rings. The topological polar surface area (TPSA) is 149 Å². The van der Waals surface area contributed by atoms with Crippen LogP contribution in [0, 0.1) is 20.8 Å². The van der Waals surface area contributed by atoms with Crippen molar-refractivity contribution in [2.24, 2.45) is 10.1 Å². The lowest BCUT2D eigenvalue weighted by Crippen LogP contribution is -2.44. The number of amides is 1. The van der Waals surface area contributed by atoms with E-state index in [1.807, 2.05) is 0 Å². The minimum atomic E-state index is -4.10. The fourth-order valence-electron chi connectivity index (χ4n) is 3.22. The van der Waals surface area contributed by atoms with Crippen molar-refractivity contribution in [3.05, 3.63) is 22.8 Å². The summed E-state index contributed by atoms with van der Waals surface area (Å²) >= 11 is 0. The van der Waals surface area contributed by atoms with Crippen molar-refractivity contribution in [1.29, 1.82) is 0 Å². The highest BCUT2D eigenvalue weighted by Gasteiger charge is 2.25. The first-order valence-corrected chi connectivity index (χ1v) is 12.1. The van der Waals surface area contributed by atoms with E-state index >= 15 is 0 Å². The number of alkyl halides is 1. The number of halogens is 1. The molecule has 0 aliphatic heterocycles. The highest BCUT2D eigenvalue weighted by molar-refractivity contribution is 7.90. The first kappa shape index (κ1) is 29.1. The SMILES string of the molecule is COc1cc(C)c(S(=O)(=O)N=C(N)NCCCC(NC(=O)OC(C)(C)C)C(=O)CF)c(C)c1C. The number of nitrogens with one attached hydrogen (secondary N) is 2. The van der Waals surface area contributed by atoms with Gasteiger partial charge >= 0.3 is 6.09 Å². The van der Waals surface area contributed by atoms with Gasteiger partial charge in [0.1, 0.15) is 18.0 Å². The summed E-state index contributed by atoms with van der Waals surface area (Å²) in [4.78, 5) is 23.8. The number of hydrogen-bond acceptors (Lipinski definition) is 6. The zero-order valence-electron chi connectivity index (χ0n) is 20.7. The number of ether oxygens (including phenoxy) is 2. The van der Waals surface area contributed by atoms with Crippen molar-refractivity contribution in [1.82, 2.24) is 10.6 Å². The normalized spacial score (nSPS) is 13.2. The van der Waals surface area contributed by atoms with Crippen LogP contribution < -0.4 is 21.1 Å². The Balaban J connectivity index is 2.83. The second-order valence-corrected chi connectivity index (χ2v) is 10.3. The van der Waals surface area contributed by atoms with Crippen LogP contribution in [0.1, 0.15) is 50.3 Å². The highest BCUT2D eigenvalue weighted by atomic mass is 32.2. The maximum atomic E-state index is 12.9. The molecule has 0 bridgehead atoms. The lowest BCUT2D eigenvalue weighted by Gasteiger charge is -2.22. The average Bonchev–Trinajstić information content (AvgIpc) is 2.70. The molecule has 1 aromatic rings. The lowest BCUT2D eigenvalue weighted by molar-refractivity contribution is -0.122. The zero-order valence-corrected chi connectivity index (χ0v) is 21.6. The fourth-order valence-corrected chi connectivity index (χ4v) is 4.64. The number of benzene rings is 1. The van der Waals surface area contributed by atoms with Crippen LogP contribution in [-0.2, 0) is 19.6 Å². The number of alkyl carbamates (subject to hydrolysis) is 1. The van der Waals surface area contributed by atoms with Crippen LogP contribution in [0.15, 0.2) is 15.4 Å². The molecule has 1 amide bonds. The summed E-state index contributed by atoms with van der Waals surface area (Å²) in [5.74, 6) is -0.557. The van der Waals surface area contributed by atoms with Crippen LogP contribution in [0.25, 0.3) is 0 Å². The third-order valence-corrected chi connectivity index (χ3v) is 6.44. The Hall–Kier alpha value is -2.89. The van der Waals surface area contributed by atoms with E-state index in [1.54, 1.807) is 47.6 Å². The molecule has 0 saturated carbocycles. The number of nitrogens with two attached hydrogens (primary N) is 1. The molecule has 0 aromatic heterocycles. The number of nitrogens with zero attached hydrogens (tertiary/aromatic N) is 1. The van der Waals surface area contributed by atoms with Gasteiger partial charge in [-0.15, -0.1) is 4.40 Å². The van der Waals surface area contributed by atoms with Gasteiger partial charge < -0.3 is 25.8 Å². The predicted octanol–water partition coefficient (Wildman–Crippen LogP) is 2.43. The predicted molar refractivity (Wildman–Crippen MR) is 127 cm³/mol. The van der Waals surface area contributed by atoms with Crippen LogP contribution in [0.4, 0.5) is 9.18 Å². The molecule has 0 saturated heterocycles. The Bertz CT molecular complexity index is 1030. The van der Waals surface area contributed by atoms with Gasteiger partial charge in [-0.25, -0.2) is 9.18 Å². The first-order chi connectivity index (χ1) is 15.6. The summed E-state index contributed by atoms with van der Waals surface area (Å²) in [7, 11) is -2.60. The summed E-state index contributed by atoms with van der Waals surface area (Å²) in [6, 6.07) is 0.532. The summed E-state index contributed by atoms with van der Waals surface area (Å²) in [6.45, 7) is 8.93. The number of methoxy groups -OCH3 is 1. The second kappa shape index (κ2) is 12.0. The monoisotopic (exact) mass is 502 g/mol. The van der Waals surface area contributed by atoms with Gasteiger partial charge in [0.25, 0.3) is 10.0 Å². The number of hydrogen-bond donors (Lipinski definition) is 3. The number of Topliss-reactive ketones (excluding diaryl/α,β-unsaturated/α-hetero) is 1. The van der Waals surface area contributed by atoms with E-state index in [-0.39, 0.29) is 30.2 Å². The van der Waals surface area contributed by atoms with Crippen LogP contribution in [0.5, 0.6) is 5.75 Å². The molecule has 192 valence electrons. The number of aryl methyl sites for hydroxylation is 1. The van der Waals surface area contributed by atoms with Crippen molar-refractivity contribution in [2.75, 3.05) is 20.3 Å². The van der Waals surface area contributed by atoms with Crippen molar-refractivity contribution in [3.8, 4) is 5.75 Å². The van der Waals surface area contributed by atoms with Crippen LogP contribution in [0.3, 0.4) is 0 Å². The summed E-state index contributed by atoms with van der Waals surface area (Å²) in [5, 5.41) is 5.02. The Morgan fingerprint density at radius 2 is 1.82 bits per heavy atom. The van der Waals surface area contributed by atoms with E-state index < -0.39 is 40.2 Å². The molecular formula is C22H35FN4O6S. The average molecular weight is 503 g/mol. The molecule has 10 nitrogen and oxygen atoms in total. The standard InChI is InChI=1S/C22H35FN4O6S/c1-13-11-18(32-7)14(2)15(3)19(13)34(30,31)27-20(24)25-10-8-9-16(17(28)12-23)26-21(29)33-22(4,5)6/h11,16H,8-10,12H2,1-7H3,(H,26,29)(H3,24,25,27). The number of carbonyl (C=O) groups is 2. The Morgan fingerprint density at radius 3 is 2.35 bits per heavy atom. The zero-order chi connectivity index (χ0) is 26.3. The van der Waals surface area contributed by atoms with Gasteiger partial charge in [-0.2, -0.15) is 8.42 Å². The maximum absolute atomic E-state index is 12.9. The van der Waals surface area contributed by atoms with E-state index in [1.165, 1.54) is 7.11 Å². The molecule has 0 radical (unpaired) electrons. The quantitative estimate of drug-likeness (QED) is 0.251. The van der Waals surface area contributed by atoms with Gasteiger partial charge in [-0.3, -0.25) is 4.79 Å². The minimum absolute atomic E-state index is 0.0470. The van der Waals surface area contributed by atoms with E-state index in [2.05, 4.69) is 15.0 Å². The first-order valence-electron chi connectivity index (χ1n) is 10.7. The van der Waals surface area contributed by atoms with Crippen LogP contribution in [-0.4, -0.2) is 58.2 Å². The fraction of sp³-hybridized carbons (Fsp3) is 0.591. The lowest BCUT2D eigenvalue weighted by atomic mass is 10.1. The van der Waals surface area contributed by atoms with Gasteiger partial charge in [0, 0.05) is 6.54 Å². The third kappa shape index (κ3) is 8.47. The summed E-state index contributed by atoms with van der Waals surface area (Å²) in [6.07, 6.45) is -0.479. The molecule has 1 aromatic carbocycles. The molecule has 4 N–H and O–H groups in total. The molecule has 1 atom stereocenters. The maximum Gasteiger partial charge on any atom is 0.408 e. The van der Waals surface area contributed by atoms with Gasteiger partial charge in [-0.05, 0) is 77.1 Å². The van der Waals surface area contributed by atoms with Gasteiger partial charge in [0.05, 0.1) is 18.0 Å². The second-order valence-electron chi connectivity index (χ2n) is 8.79. The van der Waals surface area contributed by atoms with Crippen molar-refractivity contribution in [2.45, 2.75) is 70.9 Å².